The van der Waals surface area contributed by atoms with Crippen LogP contribution in [0, 0.1) is 11.6 Å². The van der Waals surface area contributed by atoms with Gasteiger partial charge < -0.3 is 4.90 Å². The first-order valence-corrected chi connectivity index (χ1v) is 8.45. The van der Waals surface area contributed by atoms with Gasteiger partial charge in [-0.2, -0.15) is 5.10 Å². The molecule has 1 aromatic carbocycles. The molecule has 1 fully saturated rings. The molecule has 1 saturated heterocycles. The van der Waals surface area contributed by atoms with Gasteiger partial charge >= 0.3 is 0 Å². The Morgan fingerprint density at radius 3 is 2.92 bits per heavy atom. The molecule has 1 aromatic heterocycles. The molecule has 25 heavy (non-hydrogen) atoms. The molecule has 3 heterocycles. The number of hydrogen-bond donors (Lipinski definition) is 0. The van der Waals surface area contributed by atoms with Crippen molar-refractivity contribution in [3.63, 3.8) is 0 Å². The molecule has 1 atom stereocenters. The van der Waals surface area contributed by atoms with Gasteiger partial charge in [-0.15, -0.1) is 0 Å². The molecule has 132 valence electrons. The third-order valence-electron chi connectivity index (χ3n) is 4.96. The van der Waals surface area contributed by atoms with E-state index in [0.29, 0.717) is 25.2 Å². The molecule has 6 nitrogen and oxygen atoms in total. The number of rotatable bonds is 3. The summed E-state index contributed by atoms with van der Waals surface area (Å²) in [5, 5.41) is 4.15. The number of aromatic nitrogens is 3. The average Bonchev–Trinajstić information content (AvgIpc) is 3.06. The second kappa shape index (κ2) is 6.51. The topological polar surface area (TPSA) is 54.3 Å². The number of halogens is 2. The maximum absolute atomic E-state index is 13.9. The molecule has 1 unspecified atom stereocenters. The predicted octanol–water partition coefficient (Wildman–Crippen LogP) is 1.56. The molecule has 0 spiro atoms. The summed E-state index contributed by atoms with van der Waals surface area (Å²) in [7, 11) is 0. The Hall–Kier alpha value is -2.35. The molecule has 0 saturated carbocycles. The number of piperidine rings is 1. The summed E-state index contributed by atoms with van der Waals surface area (Å²) >= 11 is 0. The van der Waals surface area contributed by atoms with Gasteiger partial charge in [0.2, 0.25) is 5.91 Å². The number of hydrogen-bond acceptors (Lipinski definition) is 4. The molecule has 2 aliphatic heterocycles. The third kappa shape index (κ3) is 3.13. The monoisotopic (exact) mass is 347 g/mol. The van der Waals surface area contributed by atoms with Gasteiger partial charge in [0.25, 0.3) is 0 Å². The van der Waals surface area contributed by atoms with E-state index >= 15 is 0 Å². The van der Waals surface area contributed by atoms with Crippen molar-refractivity contribution in [2.45, 2.75) is 38.5 Å². The molecule has 1 amide bonds. The number of benzene rings is 1. The number of fused-ring (bicyclic) bond motifs is 1. The minimum absolute atomic E-state index is 0.00272. The fourth-order valence-corrected chi connectivity index (χ4v) is 3.62. The summed E-state index contributed by atoms with van der Waals surface area (Å²) < 4.78 is 28.8. The number of nitrogens with zero attached hydrogens (tertiary/aromatic N) is 5. The van der Waals surface area contributed by atoms with Crippen molar-refractivity contribution in [1.29, 1.82) is 0 Å². The predicted molar refractivity (Wildman–Crippen MR) is 85.2 cm³/mol. The van der Waals surface area contributed by atoms with Crippen LogP contribution in [0.15, 0.2) is 24.5 Å². The van der Waals surface area contributed by atoms with E-state index in [9.17, 15) is 13.6 Å². The summed E-state index contributed by atoms with van der Waals surface area (Å²) in [6, 6.07) is 3.27. The summed E-state index contributed by atoms with van der Waals surface area (Å²) in [5.41, 5.74) is 0.341. The lowest BCUT2D eigenvalue weighted by atomic mass is 10.0. The lowest BCUT2D eigenvalue weighted by Gasteiger charge is -2.39. The van der Waals surface area contributed by atoms with Gasteiger partial charge in [-0.25, -0.2) is 18.4 Å². The van der Waals surface area contributed by atoms with E-state index in [4.69, 9.17) is 0 Å². The standard InChI is InChI=1S/C17H19F2N5O/c18-13-4-3-12(14(19)8-13)9-23-5-1-2-15(17(23)25)22-6-7-24-16(10-22)20-11-21-24/h3-4,8,11,15H,1-2,5-7,9-10H2. The highest BCUT2D eigenvalue weighted by atomic mass is 19.1. The fourth-order valence-electron chi connectivity index (χ4n) is 3.62. The molecule has 2 aromatic rings. The molecule has 0 N–H and O–H groups in total. The van der Waals surface area contributed by atoms with Gasteiger partial charge in [0.05, 0.1) is 19.1 Å². The molecular weight excluding hydrogens is 328 g/mol. The molecule has 4 rings (SSSR count). The van der Waals surface area contributed by atoms with Crippen molar-refractivity contribution in [3.8, 4) is 0 Å². The Morgan fingerprint density at radius 2 is 2.08 bits per heavy atom. The van der Waals surface area contributed by atoms with Gasteiger partial charge in [0, 0.05) is 31.3 Å². The van der Waals surface area contributed by atoms with E-state index in [1.54, 1.807) is 4.90 Å². The largest absolute Gasteiger partial charge is 0.337 e. The normalized spacial score (nSPS) is 21.4. The second-order valence-electron chi connectivity index (χ2n) is 6.52. The number of amides is 1. The van der Waals surface area contributed by atoms with E-state index in [0.717, 1.165) is 31.3 Å². The Labute approximate surface area is 144 Å². The first kappa shape index (κ1) is 16.1. The van der Waals surface area contributed by atoms with Crippen LogP contribution in [0.1, 0.15) is 24.2 Å². The fraction of sp³-hybridized carbons (Fsp3) is 0.471. The van der Waals surface area contributed by atoms with Crippen LogP contribution in [-0.2, 0) is 24.4 Å². The van der Waals surface area contributed by atoms with Crippen molar-refractivity contribution in [2.24, 2.45) is 0 Å². The summed E-state index contributed by atoms with van der Waals surface area (Å²) in [4.78, 5) is 20.9. The highest BCUT2D eigenvalue weighted by molar-refractivity contribution is 5.82. The van der Waals surface area contributed by atoms with Crippen molar-refractivity contribution in [2.75, 3.05) is 13.1 Å². The molecular formula is C17H19F2N5O. The third-order valence-corrected chi connectivity index (χ3v) is 4.96. The van der Waals surface area contributed by atoms with Crippen LogP contribution in [0.25, 0.3) is 0 Å². The van der Waals surface area contributed by atoms with E-state index in [2.05, 4.69) is 15.0 Å². The Bertz CT molecular complexity index is 793. The highest BCUT2D eigenvalue weighted by Crippen LogP contribution is 2.23. The Balaban J connectivity index is 1.48. The highest BCUT2D eigenvalue weighted by Gasteiger charge is 2.35. The van der Waals surface area contributed by atoms with Gasteiger partial charge in [-0.05, 0) is 18.9 Å². The van der Waals surface area contributed by atoms with Crippen molar-refractivity contribution in [3.05, 3.63) is 47.5 Å². The lowest BCUT2D eigenvalue weighted by molar-refractivity contribution is -0.141. The lowest BCUT2D eigenvalue weighted by Crippen LogP contribution is -2.53. The zero-order valence-corrected chi connectivity index (χ0v) is 13.7. The minimum Gasteiger partial charge on any atom is -0.337 e. The summed E-state index contributed by atoms with van der Waals surface area (Å²) in [5.74, 6) is -0.355. The summed E-state index contributed by atoms with van der Waals surface area (Å²) in [6.07, 6.45) is 3.18. The Morgan fingerprint density at radius 1 is 1.20 bits per heavy atom. The maximum Gasteiger partial charge on any atom is 0.240 e. The van der Waals surface area contributed by atoms with E-state index in [1.165, 1.54) is 18.5 Å². The molecule has 0 radical (unpaired) electrons. The van der Waals surface area contributed by atoms with Gasteiger partial charge in [0.1, 0.15) is 23.8 Å². The van der Waals surface area contributed by atoms with Gasteiger partial charge in [-0.1, -0.05) is 6.07 Å². The number of carbonyl (C=O) groups excluding carboxylic acids is 1. The van der Waals surface area contributed by atoms with E-state index in [1.807, 2.05) is 4.68 Å². The smallest absolute Gasteiger partial charge is 0.240 e. The molecule has 2 aliphatic rings. The van der Waals surface area contributed by atoms with Gasteiger partial charge in [0.15, 0.2) is 0 Å². The molecule has 0 bridgehead atoms. The quantitative estimate of drug-likeness (QED) is 0.846. The van der Waals surface area contributed by atoms with Gasteiger partial charge in [-0.3, -0.25) is 9.69 Å². The van der Waals surface area contributed by atoms with Crippen LogP contribution in [0.4, 0.5) is 8.78 Å². The van der Waals surface area contributed by atoms with E-state index < -0.39 is 11.6 Å². The Kier molecular flexibility index (Phi) is 4.20. The van der Waals surface area contributed by atoms with Crippen LogP contribution in [0.5, 0.6) is 0 Å². The molecule has 8 heteroatoms. The zero-order valence-electron chi connectivity index (χ0n) is 13.7. The number of likely N-dealkylation sites (tertiary alicyclic amines) is 1. The van der Waals surface area contributed by atoms with Crippen molar-refractivity contribution < 1.29 is 13.6 Å². The second-order valence-corrected chi connectivity index (χ2v) is 6.52. The zero-order chi connectivity index (χ0) is 17.4. The first-order chi connectivity index (χ1) is 12.1. The van der Waals surface area contributed by atoms with Crippen LogP contribution in [-0.4, -0.2) is 49.6 Å². The minimum atomic E-state index is -0.610. The number of carbonyl (C=O) groups is 1. The van der Waals surface area contributed by atoms with Crippen molar-refractivity contribution in [1.82, 2.24) is 24.6 Å². The average molecular weight is 347 g/mol. The van der Waals surface area contributed by atoms with Crippen LogP contribution in [0.2, 0.25) is 0 Å². The SMILES string of the molecule is O=C1C(N2CCn3ncnc3C2)CCCN1Cc1ccc(F)cc1F. The maximum atomic E-state index is 13.9. The first-order valence-electron chi connectivity index (χ1n) is 8.45. The summed E-state index contributed by atoms with van der Waals surface area (Å²) in [6.45, 7) is 2.81. The van der Waals surface area contributed by atoms with Crippen LogP contribution >= 0.6 is 0 Å². The van der Waals surface area contributed by atoms with E-state index in [-0.39, 0.29) is 18.5 Å². The van der Waals surface area contributed by atoms with Crippen molar-refractivity contribution >= 4 is 5.91 Å². The van der Waals surface area contributed by atoms with Crippen LogP contribution in [0.3, 0.4) is 0 Å². The van der Waals surface area contributed by atoms with Crippen LogP contribution < -0.4 is 0 Å². The molecule has 0 aliphatic carbocycles.